The third-order valence-corrected chi connectivity index (χ3v) is 9.44. The Morgan fingerprint density at radius 1 is 1.00 bits per heavy atom. The van der Waals surface area contributed by atoms with Gasteiger partial charge in [-0.15, -0.1) is 0 Å². The summed E-state index contributed by atoms with van der Waals surface area (Å²) >= 11 is 0. The zero-order valence-corrected chi connectivity index (χ0v) is 23.7. The fourth-order valence-corrected chi connectivity index (χ4v) is 7.15. The zero-order chi connectivity index (χ0) is 30.7. The number of rotatable bonds is 4. The van der Waals surface area contributed by atoms with Crippen LogP contribution < -0.4 is 5.32 Å². The molecule has 0 bridgehead atoms. The summed E-state index contributed by atoms with van der Waals surface area (Å²) in [6.45, 7) is 0.427. The van der Waals surface area contributed by atoms with Crippen LogP contribution in [0.15, 0.2) is 40.9 Å². The molecule has 0 saturated carbocycles. The number of likely N-dealkylation sites (tertiary alicyclic amines) is 2. The third kappa shape index (κ3) is 4.92. The highest BCUT2D eigenvalue weighted by molar-refractivity contribution is 6.06. The number of alkyl halides is 2. The summed E-state index contributed by atoms with van der Waals surface area (Å²) in [5, 5.41) is 7.13. The molecule has 4 amide bonds. The van der Waals surface area contributed by atoms with Crippen molar-refractivity contribution in [2.45, 2.75) is 62.6 Å². The number of benzene rings is 2. The van der Waals surface area contributed by atoms with E-state index in [0.717, 1.165) is 11.1 Å². The van der Waals surface area contributed by atoms with Crippen LogP contribution in [0, 0.1) is 5.82 Å². The number of nitrogens with zero attached hydrogens (tertiary/aromatic N) is 4. The average molecular weight is 610 g/mol. The van der Waals surface area contributed by atoms with Crippen LogP contribution in [0.2, 0.25) is 0 Å². The van der Waals surface area contributed by atoms with Crippen LogP contribution in [0.4, 0.5) is 13.2 Å². The van der Waals surface area contributed by atoms with Crippen molar-refractivity contribution in [2.75, 3.05) is 26.2 Å². The molecule has 4 aliphatic rings. The Labute approximate surface area is 250 Å². The zero-order valence-electron chi connectivity index (χ0n) is 23.7. The summed E-state index contributed by atoms with van der Waals surface area (Å²) in [7, 11) is 0. The molecule has 2 unspecified atom stereocenters. The number of amides is 4. The maximum atomic E-state index is 15.6. The minimum Gasteiger partial charge on any atom is -0.356 e. The van der Waals surface area contributed by atoms with E-state index < -0.39 is 42.2 Å². The van der Waals surface area contributed by atoms with Crippen molar-refractivity contribution in [1.29, 1.82) is 0 Å². The van der Waals surface area contributed by atoms with E-state index in [9.17, 15) is 23.6 Å². The van der Waals surface area contributed by atoms with Crippen molar-refractivity contribution >= 4 is 34.6 Å². The number of piperidine rings is 3. The molecule has 2 atom stereocenters. The first-order valence-electron chi connectivity index (χ1n) is 14.8. The standard InChI is InChI=1S/C31H30F3N5O5/c32-20-2-4-22-24(14-20)44-36-27(22)17-7-10-37(11-8-17)25-9-12-38(16-31(25,33)34)29(42)18-1-3-21-19(13-18)15-39(30(21)43)23-5-6-26(40)35-28(23)41/h1-4,13-14,17,23,25H,5-12,15-16H2,(H,35,40,41). The van der Waals surface area contributed by atoms with Crippen molar-refractivity contribution in [1.82, 2.24) is 25.2 Å². The van der Waals surface area contributed by atoms with E-state index in [0.29, 0.717) is 42.6 Å². The lowest BCUT2D eigenvalue weighted by atomic mass is 9.89. The van der Waals surface area contributed by atoms with Gasteiger partial charge < -0.3 is 14.3 Å². The molecule has 3 saturated heterocycles. The van der Waals surface area contributed by atoms with Crippen LogP contribution in [0.5, 0.6) is 0 Å². The van der Waals surface area contributed by atoms with Crippen molar-refractivity contribution in [3.8, 4) is 0 Å². The van der Waals surface area contributed by atoms with Gasteiger partial charge in [0.25, 0.3) is 17.7 Å². The second kappa shape index (κ2) is 10.7. The van der Waals surface area contributed by atoms with E-state index in [4.69, 9.17) is 4.52 Å². The number of hydrogen-bond donors (Lipinski definition) is 1. The smallest absolute Gasteiger partial charge is 0.280 e. The lowest BCUT2D eigenvalue weighted by Crippen LogP contribution is -2.60. The molecule has 3 aromatic rings. The fraction of sp³-hybridized carbons (Fsp3) is 0.452. The van der Waals surface area contributed by atoms with Gasteiger partial charge in [0.05, 0.1) is 18.3 Å². The molecule has 3 fully saturated rings. The molecule has 10 nitrogen and oxygen atoms in total. The van der Waals surface area contributed by atoms with Crippen molar-refractivity contribution in [3.05, 3.63) is 64.6 Å². The molecule has 0 spiro atoms. The molecular weight excluding hydrogens is 579 g/mol. The fourth-order valence-electron chi connectivity index (χ4n) is 7.15. The van der Waals surface area contributed by atoms with Crippen molar-refractivity contribution < 1.29 is 36.9 Å². The quantitative estimate of drug-likeness (QED) is 0.451. The first kappa shape index (κ1) is 28.5. The van der Waals surface area contributed by atoms with Gasteiger partial charge in [0.15, 0.2) is 5.58 Å². The van der Waals surface area contributed by atoms with Crippen LogP contribution in [0.25, 0.3) is 11.0 Å². The van der Waals surface area contributed by atoms with E-state index in [1.165, 1.54) is 34.1 Å². The van der Waals surface area contributed by atoms with Crippen molar-refractivity contribution in [2.24, 2.45) is 0 Å². The monoisotopic (exact) mass is 609 g/mol. The summed E-state index contributed by atoms with van der Waals surface area (Å²) in [5.41, 5.74) is 2.19. The maximum Gasteiger partial charge on any atom is 0.280 e. The van der Waals surface area contributed by atoms with Gasteiger partial charge in [-0.3, -0.25) is 29.4 Å². The molecule has 1 aromatic heterocycles. The van der Waals surface area contributed by atoms with Gasteiger partial charge in [-0.25, -0.2) is 13.2 Å². The molecule has 0 radical (unpaired) electrons. The lowest BCUT2D eigenvalue weighted by Gasteiger charge is -2.45. The summed E-state index contributed by atoms with van der Waals surface area (Å²) < 4.78 is 50.0. The molecule has 5 heterocycles. The highest BCUT2D eigenvalue weighted by Crippen LogP contribution is 2.38. The van der Waals surface area contributed by atoms with Crippen LogP contribution >= 0.6 is 0 Å². The maximum absolute atomic E-state index is 15.6. The van der Waals surface area contributed by atoms with Crippen LogP contribution in [-0.2, 0) is 16.1 Å². The van der Waals surface area contributed by atoms with Gasteiger partial charge >= 0.3 is 0 Å². The first-order chi connectivity index (χ1) is 21.1. The first-order valence-corrected chi connectivity index (χ1v) is 14.8. The third-order valence-electron chi connectivity index (χ3n) is 9.44. The molecule has 13 heteroatoms. The Morgan fingerprint density at radius 2 is 1.80 bits per heavy atom. The normalized spacial score (nSPS) is 24.6. The predicted molar refractivity (Wildman–Crippen MR) is 149 cm³/mol. The number of carbonyl (C=O) groups excluding carboxylic acids is 4. The van der Waals surface area contributed by atoms with E-state index in [-0.39, 0.29) is 55.6 Å². The van der Waals surface area contributed by atoms with Gasteiger partial charge in [0.2, 0.25) is 11.8 Å². The second-order valence-corrected chi connectivity index (χ2v) is 12.1. The minimum atomic E-state index is -3.13. The predicted octanol–water partition coefficient (Wildman–Crippen LogP) is 3.46. The number of hydrogen-bond acceptors (Lipinski definition) is 7. The number of fused-ring (bicyclic) bond motifs is 2. The second-order valence-electron chi connectivity index (χ2n) is 12.1. The molecule has 4 aliphatic heterocycles. The average Bonchev–Trinajstić information content (AvgIpc) is 3.56. The molecule has 230 valence electrons. The minimum absolute atomic E-state index is 0.0193. The Morgan fingerprint density at radius 3 is 2.55 bits per heavy atom. The van der Waals surface area contributed by atoms with Gasteiger partial charge in [0, 0.05) is 48.0 Å². The van der Waals surface area contributed by atoms with Gasteiger partial charge in [-0.1, -0.05) is 5.16 Å². The Balaban J connectivity index is 0.985. The SMILES string of the molecule is O=C1CCC(N2Cc3cc(C(=O)N4CCC(N5CCC(c6noc7cc(F)ccc67)CC5)C(F)(F)C4)ccc3C2=O)C(=O)N1. The lowest BCUT2D eigenvalue weighted by molar-refractivity contribution is -0.136. The Hall–Kier alpha value is -4.26. The molecule has 0 aliphatic carbocycles. The largest absolute Gasteiger partial charge is 0.356 e. The molecule has 44 heavy (non-hydrogen) atoms. The van der Waals surface area contributed by atoms with Crippen LogP contribution in [0.3, 0.4) is 0 Å². The summed E-state index contributed by atoms with van der Waals surface area (Å²) in [5.74, 6) is -5.34. The topological polar surface area (TPSA) is 116 Å². The summed E-state index contributed by atoms with van der Waals surface area (Å²) in [6, 6.07) is 6.99. The van der Waals surface area contributed by atoms with Gasteiger partial charge in [-0.05, 0) is 74.7 Å². The van der Waals surface area contributed by atoms with Crippen molar-refractivity contribution in [3.63, 3.8) is 0 Å². The van der Waals surface area contributed by atoms with Gasteiger partial charge in [0.1, 0.15) is 11.9 Å². The van der Waals surface area contributed by atoms with Crippen LogP contribution in [0.1, 0.15) is 70.0 Å². The summed E-state index contributed by atoms with van der Waals surface area (Å²) in [4.78, 5) is 54.5. The molecule has 7 rings (SSSR count). The number of imide groups is 1. The molecule has 1 N–H and O–H groups in total. The van der Waals surface area contributed by atoms with Crippen LogP contribution in [-0.4, -0.2) is 87.7 Å². The van der Waals surface area contributed by atoms with E-state index in [1.807, 2.05) is 0 Å². The van der Waals surface area contributed by atoms with E-state index >= 15 is 8.78 Å². The van der Waals surface area contributed by atoms with Gasteiger partial charge in [-0.2, -0.15) is 0 Å². The Bertz CT molecular complexity index is 1680. The highest BCUT2D eigenvalue weighted by Gasteiger charge is 2.49. The number of halogens is 3. The number of aromatic nitrogens is 1. The molecule has 2 aromatic carbocycles. The Kier molecular flexibility index (Phi) is 6.95. The summed E-state index contributed by atoms with van der Waals surface area (Å²) in [6.07, 6.45) is 1.68. The van der Waals surface area contributed by atoms with E-state index in [2.05, 4.69) is 10.5 Å². The number of nitrogens with one attached hydrogen (secondary N) is 1. The molecular formula is C31H30F3N5O5. The van der Waals surface area contributed by atoms with E-state index in [1.54, 1.807) is 17.0 Å². The number of carbonyl (C=O) groups is 4. The highest BCUT2D eigenvalue weighted by atomic mass is 19.3.